The highest BCUT2D eigenvalue weighted by Crippen LogP contribution is 2.33. The van der Waals surface area contributed by atoms with E-state index in [-0.39, 0.29) is 4.90 Å². The van der Waals surface area contributed by atoms with Crippen LogP contribution in [0, 0.1) is 5.92 Å². The van der Waals surface area contributed by atoms with Gasteiger partial charge in [0.25, 0.3) is 0 Å². The van der Waals surface area contributed by atoms with E-state index in [4.69, 9.17) is 15.2 Å². The third-order valence-corrected chi connectivity index (χ3v) is 4.36. The van der Waals surface area contributed by atoms with Gasteiger partial charge in [0.1, 0.15) is 13.2 Å². The van der Waals surface area contributed by atoms with Crippen LogP contribution < -0.4 is 15.2 Å². The van der Waals surface area contributed by atoms with E-state index in [0.717, 1.165) is 0 Å². The van der Waals surface area contributed by atoms with E-state index >= 15 is 0 Å². The van der Waals surface area contributed by atoms with Crippen LogP contribution in [0.3, 0.4) is 0 Å². The van der Waals surface area contributed by atoms with Crippen molar-refractivity contribution in [1.29, 1.82) is 0 Å². The number of benzene rings is 1. The van der Waals surface area contributed by atoms with E-state index in [1.165, 1.54) is 12.1 Å². The van der Waals surface area contributed by atoms with Gasteiger partial charge in [-0.1, -0.05) is 0 Å². The Balaban J connectivity index is 2.13. The molecule has 1 heterocycles. The number of hydrogen-bond donors (Lipinski definition) is 1. The number of alkyl halides is 3. The summed E-state index contributed by atoms with van der Waals surface area (Å²) in [4.78, 5) is 0.275. The summed E-state index contributed by atoms with van der Waals surface area (Å²) in [7, 11) is -1.79. The molecule has 4 nitrogen and oxygen atoms in total. The van der Waals surface area contributed by atoms with E-state index in [2.05, 4.69) is 0 Å². The first-order valence-electron chi connectivity index (χ1n) is 5.96. The first-order chi connectivity index (χ1) is 9.41. The summed E-state index contributed by atoms with van der Waals surface area (Å²) < 4.78 is 60.4. The van der Waals surface area contributed by atoms with Crippen LogP contribution in [0.4, 0.5) is 13.2 Å². The molecule has 1 aromatic carbocycles. The Morgan fingerprint density at radius 3 is 2.50 bits per heavy atom. The lowest BCUT2D eigenvalue weighted by Gasteiger charge is -2.20. The van der Waals surface area contributed by atoms with Crippen LogP contribution in [0.15, 0.2) is 23.1 Å². The molecule has 1 aliphatic heterocycles. The van der Waals surface area contributed by atoms with Crippen LogP contribution >= 0.6 is 0 Å². The van der Waals surface area contributed by atoms with E-state index in [0.29, 0.717) is 24.7 Å². The van der Waals surface area contributed by atoms with Crippen molar-refractivity contribution in [3.05, 3.63) is 18.2 Å². The molecule has 0 aliphatic carbocycles. The Kier molecular flexibility index (Phi) is 4.54. The van der Waals surface area contributed by atoms with Crippen molar-refractivity contribution < 1.29 is 26.9 Å². The molecular weight excluding hydrogens is 295 g/mol. The number of rotatable bonds is 4. The third kappa shape index (κ3) is 3.43. The normalized spacial score (nSPS) is 17.6. The molecule has 0 fully saturated rings. The molecule has 112 valence electrons. The fourth-order valence-electron chi connectivity index (χ4n) is 1.74. The molecule has 0 saturated carbocycles. The van der Waals surface area contributed by atoms with Crippen LogP contribution in [-0.2, 0) is 10.8 Å². The highest BCUT2D eigenvalue weighted by Gasteiger charge is 2.39. The molecule has 2 rings (SSSR count). The molecule has 0 saturated heterocycles. The van der Waals surface area contributed by atoms with Crippen molar-refractivity contribution in [1.82, 2.24) is 0 Å². The zero-order valence-corrected chi connectivity index (χ0v) is 11.3. The number of nitrogens with two attached hydrogens (primary N) is 1. The lowest BCUT2D eigenvalue weighted by molar-refractivity contribution is -0.165. The van der Waals surface area contributed by atoms with Gasteiger partial charge in [0.15, 0.2) is 11.5 Å². The smallest absolute Gasteiger partial charge is 0.393 e. The van der Waals surface area contributed by atoms with Crippen molar-refractivity contribution in [3.63, 3.8) is 0 Å². The monoisotopic (exact) mass is 309 g/mol. The molecule has 0 aromatic heterocycles. The first kappa shape index (κ1) is 15.1. The second kappa shape index (κ2) is 6.01. The SMILES string of the molecule is NCC(CS(=O)c1ccc2c(c1)OCCO2)C(F)(F)F. The van der Waals surface area contributed by atoms with Gasteiger partial charge in [0.05, 0.1) is 16.7 Å². The maximum Gasteiger partial charge on any atom is 0.393 e. The van der Waals surface area contributed by atoms with Crippen molar-refractivity contribution in [2.24, 2.45) is 11.7 Å². The van der Waals surface area contributed by atoms with Gasteiger partial charge in [-0.25, -0.2) is 0 Å². The summed E-state index contributed by atoms with van der Waals surface area (Å²) in [5, 5.41) is 0. The average molecular weight is 309 g/mol. The minimum absolute atomic E-state index is 0.275. The number of fused-ring (bicyclic) bond motifs is 1. The summed E-state index contributed by atoms with van der Waals surface area (Å²) >= 11 is 0. The molecule has 0 radical (unpaired) electrons. The first-order valence-corrected chi connectivity index (χ1v) is 7.28. The molecule has 1 aromatic rings. The van der Waals surface area contributed by atoms with Crippen molar-refractivity contribution in [3.8, 4) is 11.5 Å². The minimum atomic E-state index is -4.45. The molecule has 2 N–H and O–H groups in total. The summed E-state index contributed by atoms with van der Waals surface area (Å²) in [6, 6.07) is 4.48. The van der Waals surface area contributed by atoms with Gasteiger partial charge in [-0.15, -0.1) is 0 Å². The zero-order chi connectivity index (χ0) is 14.8. The number of halogens is 3. The van der Waals surface area contributed by atoms with Crippen LogP contribution in [0.25, 0.3) is 0 Å². The molecule has 2 unspecified atom stereocenters. The van der Waals surface area contributed by atoms with Crippen molar-refractivity contribution >= 4 is 10.8 Å². The molecular formula is C12H14F3NO3S. The van der Waals surface area contributed by atoms with E-state index in [9.17, 15) is 17.4 Å². The summed E-state index contributed by atoms with van der Waals surface area (Å²) in [6.45, 7) is 0.190. The fraction of sp³-hybridized carbons (Fsp3) is 0.500. The third-order valence-electron chi connectivity index (χ3n) is 2.88. The summed E-state index contributed by atoms with van der Waals surface area (Å²) in [5.74, 6) is -1.43. The molecule has 8 heteroatoms. The maximum absolute atomic E-state index is 12.6. The van der Waals surface area contributed by atoms with Crippen LogP contribution in [0.2, 0.25) is 0 Å². The quantitative estimate of drug-likeness (QED) is 0.919. The summed E-state index contributed by atoms with van der Waals surface area (Å²) in [6.07, 6.45) is -4.45. The molecule has 1 aliphatic rings. The van der Waals surface area contributed by atoms with E-state index < -0.39 is 35.2 Å². The van der Waals surface area contributed by atoms with Crippen molar-refractivity contribution in [2.45, 2.75) is 11.1 Å². The molecule has 0 spiro atoms. The maximum atomic E-state index is 12.6. The number of ether oxygens (including phenoxy) is 2. The fourth-order valence-corrected chi connectivity index (χ4v) is 3.08. The van der Waals surface area contributed by atoms with Gasteiger partial charge >= 0.3 is 6.18 Å². The lowest BCUT2D eigenvalue weighted by Crippen LogP contribution is -2.34. The van der Waals surface area contributed by atoms with Gasteiger partial charge < -0.3 is 15.2 Å². The Labute approximate surface area is 116 Å². The van der Waals surface area contributed by atoms with Gasteiger partial charge in [-0.05, 0) is 12.1 Å². The largest absolute Gasteiger partial charge is 0.486 e. The average Bonchev–Trinajstić information content (AvgIpc) is 2.42. The second-order valence-electron chi connectivity index (χ2n) is 4.29. The topological polar surface area (TPSA) is 61.6 Å². The Morgan fingerprint density at radius 2 is 1.90 bits per heavy atom. The molecule has 20 heavy (non-hydrogen) atoms. The Bertz CT molecular complexity index is 507. The zero-order valence-electron chi connectivity index (χ0n) is 10.5. The van der Waals surface area contributed by atoms with Crippen LogP contribution in [-0.4, -0.2) is 35.9 Å². The second-order valence-corrected chi connectivity index (χ2v) is 5.79. The highest BCUT2D eigenvalue weighted by molar-refractivity contribution is 7.85. The summed E-state index contributed by atoms with van der Waals surface area (Å²) in [5.41, 5.74) is 5.10. The van der Waals surface area contributed by atoms with Gasteiger partial charge in [-0.3, -0.25) is 4.21 Å². The minimum Gasteiger partial charge on any atom is -0.486 e. The molecule has 2 atom stereocenters. The predicted octanol–water partition coefficient (Wildman–Crippen LogP) is 1.70. The number of hydrogen-bond acceptors (Lipinski definition) is 4. The van der Waals surface area contributed by atoms with E-state index in [1.807, 2.05) is 0 Å². The van der Waals surface area contributed by atoms with Crippen LogP contribution in [0.1, 0.15) is 0 Å². The Hall–Kier alpha value is -1.28. The van der Waals surface area contributed by atoms with Crippen LogP contribution in [0.5, 0.6) is 11.5 Å². The predicted molar refractivity (Wildman–Crippen MR) is 67.3 cm³/mol. The standard InChI is InChI=1S/C12H14F3NO3S/c13-12(14,15)8(6-16)7-20(17)9-1-2-10-11(5-9)19-4-3-18-10/h1-2,5,8H,3-4,6-7,16H2. The molecule has 0 amide bonds. The van der Waals surface area contributed by atoms with Crippen molar-refractivity contribution in [2.75, 3.05) is 25.5 Å². The highest BCUT2D eigenvalue weighted by atomic mass is 32.2. The Morgan fingerprint density at radius 1 is 1.25 bits per heavy atom. The van der Waals surface area contributed by atoms with Gasteiger partial charge in [-0.2, -0.15) is 13.2 Å². The van der Waals surface area contributed by atoms with E-state index in [1.54, 1.807) is 6.07 Å². The van der Waals surface area contributed by atoms with Gasteiger partial charge in [0.2, 0.25) is 0 Å². The van der Waals surface area contributed by atoms with Gasteiger partial charge in [0, 0.05) is 23.3 Å². The lowest BCUT2D eigenvalue weighted by atomic mass is 10.2. The molecule has 0 bridgehead atoms.